The molecule has 0 bridgehead atoms. The molecule has 1 saturated heterocycles. The summed E-state index contributed by atoms with van der Waals surface area (Å²) in [6, 6.07) is 18.6. The fourth-order valence-electron chi connectivity index (χ4n) is 4.07. The van der Waals surface area contributed by atoms with Gasteiger partial charge in [-0.1, -0.05) is 48.5 Å². The molecule has 0 unspecified atom stereocenters. The molecule has 1 fully saturated rings. The summed E-state index contributed by atoms with van der Waals surface area (Å²) in [4.78, 5) is 17.2. The number of aromatic nitrogens is 2. The molecule has 0 saturated carbocycles. The SMILES string of the molecule is Cc1ccccc1N1CCN(C(=O)CCc2cn(C)nc2-c2ccccc2)CC1. The monoisotopic (exact) mass is 388 g/mol. The first kappa shape index (κ1) is 19.2. The van der Waals surface area contributed by atoms with E-state index < -0.39 is 0 Å². The van der Waals surface area contributed by atoms with Crippen LogP contribution in [0.4, 0.5) is 5.69 Å². The minimum Gasteiger partial charge on any atom is -0.368 e. The van der Waals surface area contributed by atoms with Crippen molar-refractivity contribution in [3.8, 4) is 11.3 Å². The maximum Gasteiger partial charge on any atom is 0.223 e. The number of anilines is 1. The number of hydrogen-bond acceptors (Lipinski definition) is 3. The summed E-state index contributed by atoms with van der Waals surface area (Å²) in [7, 11) is 1.93. The van der Waals surface area contributed by atoms with Crippen molar-refractivity contribution in [2.45, 2.75) is 19.8 Å². The van der Waals surface area contributed by atoms with Crippen molar-refractivity contribution in [1.29, 1.82) is 0 Å². The molecule has 1 aliphatic rings. The van der Waals surface area contributed by atoms with Crippen LogP contribution in [0.2, 0.25) is 0 Å². The minimum atomic E-state index is 0.234. The Balaban J connectivity index is 1.35. The average molecular weight is 389 g/mol. The van der Waals surface area contributed by atoms with E-state index in [4.69, 9.17) is 0 Å². The Bertz CT molecular complexity index is 972. The Labute approximate surface area is 172 Å². The van der Waals surface area contributed by atoms with E-state index >= 15 is 0 Å². The quantitative estimate of drug-likeness (QED) is 0.670. The van der Waals surface area contributed by atoms with Gasteiger partial charge in [0, 0.05) is 57.1 Å². The second-order valence-electron chi connectivity index (χ2n) is 7.70. The normalized spacial score (nSPS) is 14.3. The topological polar surface area (TPSA) is 41.4 Å². The first-order valence-electron chi connectivity index (χ1n) is 10.3. The van der Waals surface area contributed by atoms with Crippen molar-refractivity contribution in [2.24, 2.45) is 7.05 Å². The Morgan fingerprint density at radius 2 is 1.66 bits per heavy atom. The van der Waals surface area contributed by atoms with Gasteiger partial charge in [-0.2, -0.15) is 5.10 Å². The summed E-state index contributed by atoms with van der Waals surface area (Å²) >= 11 is 0. The van der Waals surface area contributed by atoms with E-state index in [0.717, 1.165) is 49.4 Å². The number of para-hydroxylation sites is 1. The van der Waals surface area contributed by atoms with Crippen LogP contribution in [0.1, 0.15) is 17.5 Å². The van der Waals surface area contributed by atoms with Crippen LogP contribution in [0.3, 0.4) is 0 Å². The molecule has 1 amide bonds. The Morgan fingerprint density at radius 1 is 0.966 bits per heavy atom. The lowest BCUT2D eigenvalue weighted by atomic mass is 10.0. The van der Waals surface area contributed by atoms with Crippen molar-refractivity contribution >= 4 is 11.6 Å². The number of carbonyl (C=O) groups is 1. The highest BCUT2D eigenvalue weighted by molar-refractivity contribution is 5.77. The van der Waals surface area contributed by atoms with Gasteiger partial charge in [0.05, 0.1) is 5.69 Å². The molecular weight excluding hydrogens is 360 g/mol. The third-order valence-electron chi connectivity index (χ3n) is 5.65. The van der Waals surface area contributed by atoms with Crippen molar-refractivity contribution in [1.82, 2.24) is 14.7 Å². The zero-order valence-corrected chi connectivity index (χ0v) is 17.2. The first-order chi connectivity index (χ1) is 14.1. The summed E-state index contributed by atoms with van der Waals surface area (Å²) in [6.07, 6.45) is 3.27. The third kappa shape index (κ3) is 4.34. The van der Waals surface area contributed by atoms with E-state index in [1.807, 2.05) is 41.0 Å². The zero-order chi connectivity index (χ0) is 20.2. The summed E-state index contributed by atoms with van der Waals surface area (Å²) in [5, 5.41) is 4.61. The van der Waals surface area contributed by atoms with Crippen LogP contribution in [0.15, 0.2) is 60.8 Å². The van der Waals surface area contributed by atoms with Gasteiger partial charge in [-0.3, -0.25) is 9.48 Å². The van der Waals surface area contributed by atoms with Crippen LogP contribution in [-0.4, -0.2) is 46.8 Å². The fourth-order valence-corrected chi connectivity index (χ4v) is 4.07. The molecule has 2 aromatic carbocycles. The predicted octanol–water partition coefficient (Wildman–Crippen LogP) is 3.68. The molecule has 5 heteroatoms. The summed E-state index contributed by atoms with van der Waals surface area (Å²) in [6.45, 7) is 5.49. The summed E-state index contributed by atoms with van der Waals surface area (Å²) in [5.74, 6) is 0.234. The lowest BCUT2D eigenvalue weighted by Gasteiger charge is -2.37. The molecule has 5 nitrogen and oxygen atoms in total. The van der Waals surface area contributed by atoms with Crippen LogP contribution >= 0.6 is 0 Å². The van der Waals surface area contributed by atoms with Gasteiger partial charge < -0.3 is 9.80 Å². The molecule has 150 valence electrons. The lowest BCUT2D eigenvalue weighted by molar-refractivity contribution is -0.131. The molecule has 29 heavy (non-hydrogen) atoms. The second-order valence-corrected chi connectivity index (χ2v) is 7.70. The molecule has 3 aromatic rings. The average Bonchev–Trinajstić information content (AvgIpc) is 3.14. The van der Waals surface area contributed by atoms with Gasteiger partial charge in [-0.25, -0.2) is 0 Å². The summed E-state index contributed by atoms with van der Waals surface area (Å²) < 4.78 is 1.84. The van der Waals surface area contributed by atoms with Crippen molar-refractivity contribution in [3.05, 3.63) is 71.9 Å². The maximum absolute atomic E-state index is 12.8. The van der Waals surface area contributed by atoms with Gasteiger partial charge in [0.1, 0.15) is 0 Å². The number of piperazine rings is 1. The van der Waals surface area contributed by atoms with Crippen LogP contribution in [0, 0.1) is 6.92 Å². The zero-order valence-electron chi connectivity index (χ0n) is 17.2. The van der Waals surface area contributed by atoms with Crippen LogP contribution < -0.4 is 4.90 Å². The molecule has 2 heterocycles. The van der Waals surface area contributed by atoms with Crippen LogP contribution in [0.5, 0.6) is 0 Å². The number of carbonyl (C=O) groups excluding carboxylic acids is 1. The van der Waals surface area contributed by atoms with Crippen molar-refractivity contribution in [2.75, 3.05) is 31.1 Å². The lowest BCUT2D eigenvalue weighted by Crippen LogP contribution is -2.49. The number of aryl methyl sites for hydroxylation is 3. The Morgan fingerprint density at radius 3 is 2.38 bits per heavy atom. The number of benzene rings is 2. The predicted molar refractivity (Wildman–Crippen MR) is 117 cm³/mol. The van der Waals surface area contributed by atoms with E-state index in [1.54, 1.807) is 0 Å². The van der Waals surface area contributed by atoms with E-state index in [1.165, 1.54) is 11.3 Å². The standard InChI is InChI=1S/C24H28N4O/c1-19-8-6-7-11-22(19)27-14-16-28(17-15-27)23(29)13-12-21-18-26(2)25-24(21)20-9-4-3-5-10-20/h3-11,18H,12-17H2,1-2H3. The van der Waals surface area contributed by atoms with E-state index in [2.05, 4.69) is 53.3 Å². The smallest absolute Gasteiger partial charge is 0.223 e. The highest BCUT2D eigenvalue weighted by Crippen LogP contribution is 2.24. The molecule has 0 N–H and O–H groups in total. The molecule has 1 aromatic heterocycles. The molecule has 0 atom stereocenters. The molecule has 0 radical (unpaired) electrons. The third-order valence-corrected chi connectivity index (χ3v) is 5.65. The number of nitrogens with zero attached hydrogens (tertiary/aromatic N) is 4. The molecule has 4 rings (SSSR count). The second kappa shape index (κ2) is 8.52. The van der Waals surface area contributed by atoms with Gasteiger partial charge in [0.25, 0.3) is 0 Å². The Hall–Kier alpha value is -3.08. The highest BCUT2D eigenvalue weighted by atomic mass is 16.2. The minimum absolute atomic E-state index is 0.234. The first-order valence-corrected chi connectivity index (χ1v) is 10.3. The largest absolute Gasteiger partial charge is 0.368 e. The molecule has 0 spiro atoms. The van der Waals surface area contributed by atoms with Gasteiger partial charge in [-0.15, -0.1) is 0 Å². The van der Waals surface area contributed by atoms with Crippen LogP contribution in [-0.2, 0) is 18.3 Å². The maximum atomic E-state index is 12.8. The Kier molecular flexibility index (Phi) is 5.65. The number of hydrogen-bond donors (Lipinski definition) is 0. The molecular formula is C24H28N4O. The number of amides is 1. The van der Waals surface area contributed by atoms with Gasteiger partial charge in [0.15, 0.2) is 0 Å². The van der Waals surface area contributed by atoms with Crippen molar-refractivity contribution < 1.29 is 4.79 Å². The molecule has 0 aliphatic carbocycles. The summed E-state index contributed by atoms with van der Waals surface area (Å²) in [5.41, 5.74) is 5.78. The van der Waals surface area contributed by atoms with E-state index in [-0.39, 0.29) is 5.91 Å². The van der Waals surface area contributed by atoms with Crippen molar-refractivity contribution in [3.63, 3.8) is 0 Å². The highest BCUT2D eigenvalue weighted by Gasteiger charge is 2.22. The van der Waals surface area contributed by atoms with Crippen LogP contribution in [0.25, 0.3) is 11.3 Å². The van der Waals surface area contributed by atoms with E-state index in [9.17, 15) is 4.79 Å². The number of rotatable bonds is 5. The van der Waals surface area contributed by atoms with Gasteiger partial charge >= 0.3 is 0 Å². The fraction of sp³-hybridized carbons (Fsp3) is 0.333. The molecule has 1 aliphatic heterocycles. The van der Waals surface area contributed by atoms with Gasteiger partial charge in [-0.05, 0) is 30.5 Å². The van der Waals surface area contributed by atoms with E-state index in [0.29, 0.717) is 6.42 Å². The van der Waals surface area contributed by atoms with Gasteiger partial charge in [0.2, 0.25) is 5.91 Å².